The molecule has 1 nitrogen and oxygen atoms in total. The summed E-state index contributed by atoms with van der Waals surface area (Å²) >= 11 is 1.86. The first-order chi connectivity index (χ1) is 23.8. The summed E-state index contributed by atoms with van der Waals surface area (Å²) in [6, 6.07) is 68.1. The predicted molar refractivity (Wildman–Crippen MR) is 208 cm³/mol. The summed E-state index contributed by atoms with van der Waals surface area (Å²) in [6.45, 7) is 0. The number of rotatable bonds is 6. The maximum atomic E-state index is 2.39. The molecule has 0 spiro atoms. The average molecular weight is 630 g/mol. The first-order valence-corrected chi connectivity index (χ1v) is 17.2. The predicted octanol–water partition coefficient (Wildman–Crippen LogP) is 13.7. The third kappa shape index (κ3) is 5.04. The molecule has 0 unspecified atom stereocenters. The summed E-state index contributed by atoms with van der Waals surface area (Å²) in [6.07, 6.45) is 0. The van der Waals surface area contributed by atoms with Crippen molar-refractivity contribution in [3.63, 3.8) is 0 Å². The van der Waals surface area contributed by atoms with Crippen molar-refractivity contribution in [2.45, 2.75) is 0 Å². The number of nitrogens with zero attached hydrogens (tertiary/aromatic N) is 1. The molecule has 9 rings (SSSR count). The van der Waals surface area contributed by atoms with E-state index in [0.717, 1.165) is 17.1 Å². The van der Waals surface area contributed by atoms with Gasteiger partial charge >= 0.3 is 0 Å². The summed E-state index contributed by atoms with van der Waals surface area (Å²) in [4.78, 5) is 2.39. The molecule has 1 heterocycles. The molecule has 8 aromatic carbocycles. The molecule has 0 aliphatic rings. The van der Waals surface area contributed by atoms with Crippen molar-refractivity contribution in [1.29, 1.82) is 0 Å². The number of fused-ring (bicyclic) bond motifs is 4. The monoisotopic (exact) mass is 629 g/mol. The Morgan fingerprint density at radius 3 is 1.83 bits per heavy atom. The van der Waals surface area contributed by atoms with Crippen LogP contribution in [0.25, 0.3) is 64.3 Å². The van der Waals surface area contributed by atoms with E-state index < -0.39 is 0 Å². The van der Waals surface area contributed by atoms with Gasteiger partial charge in [0.2, 0.25) is 0 Å². The van der Waals surface area contributed by atoms with Gasteiger partial charge in [0.25, 0.3) is 0 Å². The molecule has 0 saturated heterocycles. The minimum absolute atomic E-state index is 1.12. The third-order valence-corrected chi connectivity index (χ3v) is 10.4. The van der Waals surface area contributed by atoms with Gasteiger partial charge in [-0.25, -0.2) is 0 Å². The zero-order chi connectivity index (χ0) is 31.9. The van der Waals surface area contributed by atoms with Crippen LogP contribution in [0.1, 0.15) is 0 Å². The van der Waals surface area contributed by atoms with Crippen LogP contribution in [-0.4, -0.2) is 0 Å². The molecule has 0 radical (unpaired) electrons. The minimum Gasteiger partial charge on any atom is -0.310 e. The molecular formula is C46H31NS. The van der Waals surface area contributed by atoms with Gasteiger partial charge in [-0.3, -0.25) is 0 Å². The third-order valence-electron chi connectivity index (χ3n) is 9.26. The van der Waals surface area contributed by atoms with E-state index in [0.29, 0.717) is 0 Å². The van der Waals surface area contributed by atoms with Crippen LogP contribution in [0.5, 0.6) is 0 Å². The van der Waals surface area contributed by atoms with E-state index >= 15 is 0 Å². The normalized spacial score (nSPS) is 11.3. The number of hydrogen-bond acceptors (Lipinski definition) is 2. The minimum atomic E-state index is 1.12. The fourth-order valence-corrected chi connectivity index (χ4v) is 8.08. The largest absolute Gasteiger partial charge is 0.310 e. The summed E-state index contributed by atoms with van der Waals surface area (Å²) in [5.74, 6) is 0. The van der Waals surface area contributed by atoms with Crippen molar-refractivity contribution in [3.8, 4) is 33.4 Å². The highest BCUT2D eigenvalue weighted by Crippen LogP contribution is 2.46. The molecular weight excluding hydrogens is 599 g/mol. The summed E-state index contributed by atoms with van der Waals surface area (Å²) in [5, 5.41) is 5.15. The van der Waals surface area contributed by atoms with Crippen molar-refractivity contribution in [1.82, 2.24) is 0 Å². The first kappa shape index (κ1) is 28.3. The van der Waals surface area contributed by atoms with Crippen LogP contribution in [-0.2, 0) is 0 Å². The summed E-state index contributed by atoms with van der Waals surface area (Å²) < 4.78 is 2.63. The number of thiophene rings is 1. The van der Waals surface area contributed by atoms with E-state index in [4.69, 9.17) is 0 Å². The average Bonchev–Trinajstić information content (AvgIpc) is 3.55. The molecule has 0 atom stereocenters. The molecule has 48 heavy (non-hydrogen) atoms. The second kappa shape index (κ2) is 12.0. The Kier molecular flexibility index (Phi) is 7.07. The molecule has 0 fully saturated rings. The van der Waals surface area contributed by atoms with Gasteiger partial charge in [-0.2, -0.15) is 0 Å². The number of benzene rings is 8. The lowest BCUT2D eigenvalue weighted by atomic mass is 9.96. The Labute approximate surface area is 284 Å². The topological polar surface area (TPSA) is 3.24 Å². The lowest BCUT2D eigenvalue weighted by molar-refractivity contribution is 1.28. The quantitative estimate of drug-likeness (QED) is 0.177. The number of para-hydroxylation sites is 2. The van der Waals surface area contributed by atoms with Crippen molar-refractivity contribution < 1.29 is 0 Å². The highest BCUT2D eigenvalue weighted by atomic mass is 32.1. The Morgan fingerprint density at radius 2 is 0.958 bits per heavy atom. The summed E-state index contributed by atoms with van der Waals surface area (Å²) in [7, 11) is 0. The lowest BCUT2D eigenvalue weighted by Gasteiger charge is -2.28. The smallest absolute Gasteiger partial charge is 0.0540 e. The van der Waals surface area contributed by atoms with Gasteiger partial charge in [0.1, 0.15) is 0 Å². The van der Waals surface area contributed by atoms with Crippen molar-refractivity contribution in [2.24, 2.45) is 0 Å². The van der Waals surface area contributed by atoms with E-state index in [-0.39, 0.29) is 0 Å². The first-order valence-electron chi connectivity index (χ1n) is 16.3. The summed E-state index contributed by atoms with van der Waals surface area (Å²) in [5.41, 5.74) is 10.7. The molecule has 0 aliphatic heterocycles. The standard InChI is InChI=1S/C46H31NS/c1-2-16-38(17-3-1)47(43-21-8-6-18-40(43)41-20-11-23-45-46(41)42-19-7-9-22-44(42)48-45)39-28-26-33(27-29-39)35-14-10-15-36(30-35)37-25-24-32-12-4-5-13-34(32)31-37/h1-31H. The van der Waals surface area contributed by atoms with E-state index in [1.165, 1.54) is 64.3 Å². The maximum Gasteiger partial charge on any atom is 0.0540 e. The van der Waals surface area contributed by atoms with Crippen LogP contribution < -0.4 is 4.90 Å². The second-order valence-corrected chi connectivity index (χ2v) is 13.2. The van der Waals surface area contributed by atoms with Gasteiger partial charge in [-0.1, -0.05) is 133 Å². The van der Waals surface area contributed by atoms with Gasteiger partial charge < -0.3 is 4.90 Å². The maximum absolute atomic E-state index is 2.39. The zero-order valence-electron chi connectivity index (χ0n) is 26.3. The SMILES string of the molecule is c1ccc(N(c2ccc(-c3cccc(-c4ccc5ccccc5c4)c3)cc2)c2ccccc2-c2cccc3sc4ccccc4c23)cc1. The fourth-order valence-electron chi connectivity index (χ4n) is 6.95. The van der Waals surface area contributed by atoms with Gasteiger partial charge in [0.15, 0.2) is 0 Å². The van der Waals surface area contributed by atoms with Crippen LogP contribution in [0, 0.1) is 0 Å². The molecule has 0 N–H and O–H groups in total. The highest BCUT2D eigenvalue weighted by Gasteiger charge is 2.19. The van der Waals surface area contributed by atoms with Gasteiger partial charge in [-0.05, 0) is 93.2 Å². The van der Waals surface area contributed by atoms with Gasteiger partial charge in [-0.15, -0.1) is 11.3 Å². The zero-order valence-corrected chi connectivity index (χ0v) is 27.1. The Hall–Kier alpha value is -5.96. The molecule has 9 aromatic rings. The Balaban J connectivity index is 1.14. The van der Waals surface area contributed by atoms with Crippen LogP contribution in [0.2, 0.25) is 0 Å². The Bertz CT molecular complexity index is 2560. The van der Waals surface area contributed by atoms with Crippen molar-refractivity contribution >= 4 is 59.3 Å². The number of anilines is 3. The highest BCUT2D eigenvalue weighted by molar-refractivity contribution is 7.25. The molecule has 0 bridgehead atoms. The lowest BCUT2D eigenvalue weighted by Crippen LogP contribution is -2.11. The van der Waals surface area contributed by atoms with E-state index in [1.807, 2.05) is 11.3 Å². The van der Waals surface area contributed by atoms with E-state index in [2.05, 4.69) is 193 Å². The van der Waals surface area contributed by atoms with Gasteiger partial charge in [0, 0.05) is 37.1 Å². The van der Waals surface area contributed by atoms with Gasteiger partial charge in [0.05, 0.1) is 5.69 Å². The Morgan fingerprint density at radius 1 is 0.354 bits per heavy atom. The fraction of sp³-hybridized carbons (Fsp3) is 0. The van der Waals surface area contributed by atoms with Crippen LogP contribution in [0.3, 0.4) is 0 Å². The number of hydrogen-bond donors (Lipinski definition) is 0. The molecule has 1 aromatic heterocycles. The molecule has 0 amide bonds. The van der Waals surface area contributed by atoms with Crippen molar-refractivity contribution in [2.75, 3.05) is 4.90 Å². The van der Waals surface area contributed by atoms with E-state index in [9.17, 15) is 0 Å². The second-order valence-electron chi connectivity index (χ2n) is 12.2. The molecule has 226 valence electrons. The molecule has 0 saturated carbocycles. The molecule has 2 heteroatoms. The van der Waals surface area contributed by atoms with Crippen molar-refractivity contribution in [3.05, 3.63) is 188 Å². The van der Waals surface area contributed by atoms with E-state index in [1.54, 1.807) is 0 Å². The van der Waals surface area contributed by atoms with Crippen LogP contribution in [0.4, 0.5) is 17.1 Å². The molecule has 0 aliphatic carbocycles. The van der Waals surface area contributed by atoms with Crippen LogP contribution >= 0.6 is 11.3 Å². The van der Waals surface area contributed by atoms with Crippen LogP contribution in [0.15, 0.2) is 188 Å².